The highest BCUT2D eigenvalue weighted by Crippen LogP contribution is 2.13. The van der Waals surface area contributed by atoms with Crippen LogP contribution in [0.2, 0.25) is 0 Å². The zero-order valence-corrected chi connectivity index (χ0v) is 8.65. The first-order valence-electron chi connectivity index (χ1n) is 4.91. The lowest BCUT2D eigenvalue weighted by Crippen LogP contribution is -2.46. The topological polar surface area (TPSA) is 99.8 Å². The van der Waals surface area contributed by atoms with Crippen molar-refractivity contribution in [3.8, 4) is 0 Å². The van der Waals surface area contributed by atoms with Crippen LogP contribution in [0.5, 0.6) is 0 Å². The zero-order chi connectivity index (χ0) is 11.7. The van der Waals surface area contributed by atoms with E-state index >= 15 is 0 Å². The minimum atomic E-state index is -0.538. The van der Waals surface area contributed by atoms with Crippen LogP contribution in [-0.4, -0.2) is 48.4 Å². The van der Waals surface area contributed by atoms with Gasteiger partial charge in [0, 0.05) is 0 Å². The van der Waals surface area contributed by atoms with Gasteiger partial charge in [-0.2, -0.15) is 0 Å². The summed E-state index contributed by atoms with van der Waals surface area (Å²) in [4.78, 5) is 34.9. The van der Waals surface area contributed by atoms with Crippen molar-refractivity contribution in [3.63, 3.8) is 0 Å². The predicted octanol–water partition coefficient (Wildman–Crippen LogP) is -1.46. The second-order valence-electron chi connectivity index (χ2n) is 3.42. The van der Waals surface area contributed by atoms with Gasteiger partial charge in [0.2, 0.25) is 0 Å². The molecule has 16 heavy (non-hydrogen) atoms. The zero-order valence-electron chi connectivity index (χ0n) is 8.65. The largest absolute Gasteiger partial charge is 0.465 e. The maximum Gasteiger partial charge on any atom is 0.325 e. The molecule has 8 nitrogen and oxygen atoms in total. The fourth-order valence-corrected chi connectivity index (χ4v) is 1.71. The van der Waals surface area contributed by atoms with Crippen LogP contribution in [0.25, 0.3) is 0 Å². The first kappa shape index (κ1) is 10.5. The Bertz CT molecular complexity index is 345. The van der Waals surface area contributed by atoms with Crippen LogP contribution in [0, 0.1) is 0 Å². The Kier molecular flexibility index (Phi) is 2.55. The monoisotopic (exact) mass is 228 g/mol. The molecule has 2 rings (SSSR count). The normalized spacial score (nSPS) is 26.9. The quantitative estimate of drug-likeness (QED) is 0.514. The van der Waals surface area contributed by atoms with Gasteiger partial charge >= 0.3 is 18.0 Å². The molecule has 2 heterocycles. The highest BCUT2D eigenvalue weighted by molar-refractivity contribution is 5.87. The molecule has 8 heteroatoms. The number of fused-ring (bicyclic) bond motifs is 1. The van der Waals surface area contributed by atoms with Crippen molar-refractivity contribution in [2.75, 3.05) is 13.2 Å². The van der Waals surface area contributed by atoms with E-state index in [0.717, 1.165) is 0 Å². The molecule has 2 aliphatic rings. The smallest absolute Gasteiger partial charge is 0.325 e. The van der Waals surface area contributed by atoms with Crippen LogP contribution in [-0.2, 0) is 9.53 Å². The van der Waals surface area contributed by atoms with Gasteiger partial charge in [-0.25, -0.2) is 9.59 Å². The van der Waals surface area contributed by atoms with Crippen LogP contribution in [0.4, 0.5) is 9.59 Å². The van der Waals surface area contributed by atoms with Crippen molar-refractivity contribution >= 4 is 18.0 Å². The van der Waals surface area contributed by atoms with E-state index in [1.54, 1.807) is 6.92 Å². The number of carbonyl (C=O) groups is 3. The van der Waals surface area contributed by atoms with E-state index < -0.39 is 24.3 Å². The molecule has 2 fully saturated rings. The first-order valence-corrected chi connectivity index (χ1v) is 4.91. The summed E-state index contributed by atoms with van der Waals surface area (Å²) in [5.41, 5.74) is 0. The molecule has 4 amide bonds. The van der Waals surface area contributed by atoms with Crippen LogP contribution < -0.4 is 16.0 Å². The highest BCUT2D eigenvalue weighted by Gasteiger charge is 2.46. The average Bonchev–Trinajstić information content (AvgIpc) is 2.66. The predicted molar refractivity (Wildman–Crippen MR) is 51.1 cm³/mol. The maximum atomic E-state index is 11.5. The van der Waals surface area contributed by atoms with Crippen LogP contribution >= 0.6 is 0 Å². The minimum Gasteiger partial charge on any atom is -0.465 e. The molecule has 3 N–H and O–H groups in total. The number of ether oxygens (including phenoxy) is 1. The van der Waals surface area contributed by atoms with Gasteiger partial charge < -0.3 is 20.7 Å². The third kappa shape index (κ3) is 1.73. The molecule has 0 aromatic rings. The Morgan fingerprint density at radius 2 is 2.12 bits per heavy atom. The van der Waals surface area contributed by atoms with Gasteiger partial charge in [0.1, 0.15) is 18.9 Å². The van der Waals surface area contributed by atoms with Gasteiger partial charge in [-0.15, -0.1) is 0 Å². The molecule has 2 aliphatic heterocycles. The molecule has 0 bridgehead atoms. The number of hydrogen-bond donors (Lipinski definition) is 3. The number of carbonyl (C=O) groups excluding carboxylic acids is 3. The Labute approximate surface area is 91.3 Å². The molecule has 0 aliphatic carbocycles. The first-order chi connectivity index (χ1) is 7.61. The van der Waals surface area contributed by atoms with Crippen LogP contribution in [0.15, 0.2) is 0 Å². The lowest BCUT2D eigenvalue weighted by atomic mass is 10.4. The van der Waals surface area contributed by atoms with Crippen molar-refractivity contribution in [1.29, 1.82) is 0 Å². The van der Waals surface area contributed by atoms with E-state index in [4.69, 9.17) is 4.74 Å². The Balaban J connectivity index is 2.00. The molecule has 88 valence electrons. The second-order valence-corrected chi connectivity index (χ2v) is 3.42. The molecule has 0 radical (unpaired) electrons. The van der Waals surface area contributed by atoms with E-state index in [1.165, 1.54) is 4.90 Å². The van der Waals surface area contributed by atoms with E-state index in [0.29, 0.717) is 0 Å². The number of nitrogens with one attached hydrogen (secondary N) is 3. The summed E-state index contributed by atoms with van der Waals surface area (Å²) in [6.07, 6.45) is -1.03. The summed E-state index contributed by atoms with van der Waals surface area (Å²) in [6, 6.07) is -0.778. The Hall–Kier alpha value is -1.99. The van der Waals surface area contributed by atoms with E-state index in [9.17, 15) is 14.4 Å². The van der Waals surface area contributed by atoms with Gasteiger partial charge in [-0.3, -0.25) is 9.69 Å². The molecular weight excluding hydrogens is 216 g/mol. The van der Waals surface area contributed by atoms with Gasteiger partial charge in [0.15, 0.2) is 0 Å². The summed E-state index contributed by atoms with van der Waals surface area (Å²) in [6.45, 7) is 1.76. The van der Waals surface area contributed by atoms with Crippen molar-refractivity contribution in [3.05, 3.63) is 0 Å². The Morgan fingerprint density at radius 3 is 2.81 bits per heavy atom. The fourth-order valence-electron chi connectivity index (χ4n) is 1.71. The third-order valence-electron chi connectivity index (χ3n) is 2.36. The number of urea groups is 2. The number of esters is 1. The lowest BCUT2D eigenvalue weighted by molar-refractivity contribution is -0.144. The number of nitrogens with zero attached hydrogens (tertiary/aromatic N) is 1. The number of rotatable bonds is 3. The van der Waals surface area contributed by atoms with Crippen molar-refractivity contribution < 1.29 is 19.1 Å². The van der Waals surface area contributed by atoms with Crippen LogP contribution in [0.1, 0.15) is 6.92 Å². The molecule has 0 aromatic heterocycles. The van der Waals surface area contributed by atoms with Gasteiger partial charge in [-0.05, 0) is 6.92 Å². The fraction of sp³-hybridized carbons (Fsp3) is 0.625. The van der Waals surface area contributed by atoms with Crippen molar-refractivity contribution in [2.24, 2.45) is 0 Å². The molecule has 0 aromatic carbocycles. The minimum absolute atomic E-state index is 0.178. The van der Waals surface area contributed by atoms with Gasteiger partial charge in [-0.1, -0.05) is 0 Å². The highest BCUT2D eigenvalue weighted by atomic mass is 16.5. The SMILES string of the molecule is CCOC(=O)CN1C(=O)N[C@@H]2NC(=O)N[C@H]21. The summed E-state index contributed by atoms with van der Waals surface area (Å²) in [7, 11) is 0. The summed E-state index contributed by atoms with van der Waals surface area (Å²) in [5, 5.41) is 7.56. The third-order valence-corrected chi connectivity index (χ3v) is 2.36. The number of amides is 4. The number of hydrogen-bond acceptors (Lipinski definition) is 4. The maximum absolute atomic E-state index is 11.5. The summed E-state index contributed by atoms with van der Waals surface area (Å²) in [5.74, 6) is -0.501. The molecule has 0 unspecified atom stereocenters. The van der Waals surface area contributed by atoms with Crippen LogP contribution in [0.3, 0.4) is 0 Å². The molecule has 0 spiro atoms. The standard InChI is InChI=1S/C8H12N4O4/c1-2-16-4(13)3-12-6-5(10-8(12)15)9-7(14)11-6/h5-6H,2-3H2,1H3,(H,10,15)(H2,9,11,14)/t5-,6-/m0/s1. The van der Waals surface area contributed by atoms with Crippen molar-refractivity contribution in [1.82, 2.24) is 20.9 Å². The molecule has 2 atom stereocenters. The molecular formula is C8H12N4O4. The summed E-state index contributed by atoms with van der Waals surface area (Å²) >= 11 is 0. The second kappa shape index (κ2) is 3.87. The van der Waals surface area contributed by atoms with E-state index in [-0.39, 0.29) is 19.2 Å². The molecule has 2 saturated heterocycles. The van der Waals surface area contributed by atoms with E-state index in [2.05, 4.69) is 16.0 Å². The van der Waals surface area contributed by atoms with E-state index in [1.807, 2.05) is 0 Å². The average molecular weight is 228 g/mol. The molecule has 0 saturated carbocycles. The van der Waals surface area contributed by atoms with Gasteiger partial charge in [0.05, 0.1) is 6.61 Å². The van der Waals surface area contributed by atoms with Gasteiger partial charge in [0.25, 0.3) is 0 Å². The lowest BCUT2D eigenvalue weighted by Gasteiger charge is -2.19. The summed E-state index contributed by atoms with van der Waals surface area (Å²) < 4.78 is 4.73. The Morgan fingerprint density at radius 1 is 1.38 bits per heavy atom. The van der Waals surface area contributed by atoms with Crippen molar-refractivity contribution in [2.45, 2.75) is 19.3 Å².